The molecule has 0 radical (unpaired) electrons. The van der Waals surface area contributed by atoms with E-state index in [0.717, 1.165) is 30.4 Å². The number of rotatable bonds is 9. The van der Waals surface area contributed by atoms with Crippen molar-refractivity contribution in [2.45, 2.75) is 38.5 Å². The summed E-state index contributed by atoms with van der Waals surface area (Å²) in [5, 5.41) is 28.3. The normalized spacial score (nSPS) is 10.6. The molecule has 0 amide bonds. The van der Waals surface area contributed by atoms with E-state index in [0.29, 0.717) is 25.0 Å². The maximum Gasteiger partial charge on any atom is 0.160 e. The van der Waals surface area contributed by atoms with E-state index >= 15 is 0 Å². The Hall–Kier alpha value is -2.69. The molecule has 0 spiro atoms. The fraction of sp³-hybridized carbons (Fsp3) is 0.350. The minimum atomic E-state index is -0.121. The predicted octanol–water partition coefficient (Wildman–Crippen LogP) is 3.73. The maximum absolute atomic E-state index is 12.0. The molecule has 3 N–H and O–H groups in total. The first-order valence-corrected chi connectivity index (χ1v) is 8.38. The van der Waals surface area contributed by atoms with Crippen LogP contribution in [0.3, 0.4) is 0 Å². The van der Waals surface area contributed by atoms with Crippen LogP contribution in [-0.4, -0.2) is 28.2 Å². The standard InChI is InChI=1S/C20H24O5/c1-25-20-13-15(8-11-18(20)23)6-9-16(21)5-3-2-4-14-7-10-17(22)19(24)12-14/h7-8,10-13,22-24H,2-6,9H2,1H3. The van der Waals surface area contributed by atoms with Crippen molar-refractivity contribution in [3.63, 3.8) is 0 Å². The van der Waals surface area contributed by atoms with Crippen LogP contribution in [-0.2, 0) is 17.6 Å². The van der Waals surface area contributed by atoms with E-state index in [-0.39, 0.29) is 23.0 Å². The van der Waals surface area contributed by atoms with Crippen molar-refractivity contribution >= 4 is 5.78 Å². The van der Waals surface area contributed by atoms with Crippen LogP contribution < -0.4 is 4.74 Å². The summed E-state index contributed by atoms with van der Waals surface area (Å²) in [6.07, 6.45) is 4.02. The van der Waals surface area contributed by atoms with E-state index in [1.807, 2.05) is 0 Å². The lowest BCUT2D eigenvalue weighted by Crippen LogP contribution is -2.01. The Balaban J connectivity index is 1.69. The van der Waals surface area contributed by atoms with Gasteiger partial charge in [-0.15, -0.1) is 0 Å². The number of benzene rings is 2. The van der Waals surface area contributed by atoms with Gasteiger partial charge in [0.15, 0.2) is 23.0 Å². The second-order valence-corrected chi connectivity index (χ2v) is 6.08. The van der Waals surface area contributed by atoms with Crippen molar-refractivity contribution in [2.24, 2.45) is 0 Å². The molecule has 0 saturated carbocycles. The van der Waals surface area contributed by atoms with Gasteiger partial charge in [-0.05, 0) is 61.1 Å². The molecule has 5 nitrogen and oxygen atoms in total. The predicted molar refractivity (Wildman–Crippen MR) is 95.3 cm³/mol. The number of hydrogen-bond donors (Lipinski definition) is 3. The summed E-state index contributed by atoms with van der Waals surface area (Å²) < 4.78 is 5.06. The Morgan fingerprint density at radius 1 is 0.840 bits per heavy atom. The molecule has 5 heteroatoms. The van der Waals surface area contributed by atoms with Gasteiger partial charge in [0, 0.05) is 12.8 Å². The number of aryl methyl sites for hydroxylation is 2. The lowest BCUT2D eigenvalue weighted by Gasteiger charge is -2.07. The van der Waals surface area contributed by atoms with Gasteiger partial charge >= 0.3 is 0 Å². The average molecular weight is 344 g/mol. The summed E-state index contributed by atoms with van der Waals surface area (Å²) in [6, 6.07) is 9.92. The number of hydrogen-bond acceptors (Lipinski definition) is 5. The molecule has 0 saturated heterocycles. The molecule has 2 rings (SSSR count). The molecular weight excluding hydrogens is 320 g/mol. The molecule has 0 aliphatic carbocycles. The summed E-state index contributed by atoms with van der Waals surface area (Å²) in [6.45, 7) is 0. The van der Waals surface area contributed by atoms with E-state index < -0.39 is 0 Å². The highest BCUT2D eigenvalue weighted by molar-refractivity contribution is 5.78. The largest absolute Gasteiger partial charge is 0.504 e. The number of Topliss-reactive ketones (excluding diaryl/α,β-unsaturated/α-hetero) is 1. The average Bonchev–Trinajstić information content (AvgIpc) is 2.61. The van der Waals surface area contributed by atoms with Crippen molar-refractivity contribution in [1.29, 1.82) is 0 Å². The SMILES string of the molecule is COc1cc(CCC(=O)CCCCc2ccc(O)c(O)c2)ccc1O. The number of carbonyl (C=O) groups is 1. The summed E-state index contributed by atoms with van der Waals surface area (Å²) in [7, 11) is 1.50. The Labute approximate surface area is 147 Å². The van der Waals surface area contributed by atoms with Crippen molar-refractivity contribution in [2.75, 3.05) is 7.11 Å². The molecule has 25 heavy (non-hydrogen) atoms. The van der Waals surface area contributed by atoms with Crippen LogP contribution in [0.5, 0.6) is 23.0 Å². The summed E-state index contributed by atoms with van der Waals surface area (Å²) in [5.74, 6) is 0.489. The first kappa shape index (κ1) is 18.6. The second-order valence-electron chi connectivity index (χ2n) is 6.08. The second kappa shape index (κ2) is 8.97. The van der Waals surface area contributed by atoms with Crippen LogP contribution in [0.2, 0.25) is 0 Å². The Morgan fingerprint density at radius 3 is 2.20 bits per heavy atom. The molecule has 134 valence electrons. The van der Waals surface area contributed by atoms with E-state index in [2.05, 4.69) is 0 Å². The zero-order chi connectivity index (χ0) is 18.2. The third kappa shape index (κ3) is 5.71. The Kier molecular flexibility index (Phi) is 6.69. The molecule has 0 fully saturated rings. The number of methoxy groups -OCH3 is 1. The summed E-state index contributed by atoms with van der Waals surface area (Å²) in [4.78, 5) is 12.0. The molecule has 2 aromatic carbocycles. The first-order chi connectivity index (χ1) is 12.0. The molecule has 0 atom stereocenters. The lowest BCUT2D eigenvalue weighted by molar-refractivity contribution is -0.119. The molecule has 0 bridgehead atoms. The van der Waals surface area contributed by atoms with E-state index in [4.69, 9.17) is 4.74 Å². The van der Waals surface area contributed by atoms with Gasteiger partial charge in [-0.2, -0.15) is 0 Å². The van der Waals surface area contributed by atoms with Crippen LogP contribution in [0.15, 0.2) is 36.4 Å². The molecule has 0 aliphatic rings. The van der Waals surface area contributed by atoms with Crippen LogP contribution in [0.25, 0.3) is 0 Å². The number of ether oxygens (including phenoxy) is 1. The fourth-order valence-corrected chi connectivity index (χ4v) is 2.66. The van der Waals surface area contributed by atoms with Gasteiger partial charge in [-0.3, -0.25) is 4.79 Å². The third-order valence-electron chi connectivity index (χ3n) is 4.15. The van der Waals surface area contributed by atoms with Crippen LogP contribution >= 0.6 is 0 Å². The van der Waals surface area contributed by atoms with E-state index in [1.54, 1.807) is 30.3 Å². The molecule has 0 heterocycles. The highest BCUT2D eigenvalue weighted by Gasteiger charge is 2.07. The highest BCUT2D eigenvalue weighted by atomic mass is 16.5. The van der Waals surface area contributed by atoms with Gasteiger partial charge < -0.3 is 20.1 Å². The molecule has 0 aliphatic heterocycles. The number of carbonyl (C=O) groups excluding carboxylic acids is 1. The third-order valence-corrected chi connectivity index (χ3v) is 4.15. The van der Waals surface area contributed by atoms with Gasteiger partial charge in [0.25, 0.3) is 0 Å². The summed E-state index contributed by atoms with van der Waals surface area (Å²) in [5.41, 5.74) is 1.90. The van der Waals surface area contributed by atoms with Gasteiger partial charge in [-0.25, -0.2) is 0 Å². The number of aromatic hydroxyl groups is 3. The van der Waals surface area contributed by atoms with E-state index in [1.165, 1.54) is 13.2 Å². The van der Waals surface area contributed by atoms with E-state index in [9.17, 15) is 20.1 Å². The smallest absolute Gasteiger partial charge is 0.160 e. The highest BCUT2D eigenvalue weighted by Crippen LogP contribution is 2.27. The van der Waals surface area contributed by atoms with Crippen molar-refractivity contribution in [3.05, 3.63) is 47.5 Å². The van der Waals surface area contributed by atoms with Gasteiger partial charge in [0.05, 0.1) is 7.11 Å². The molecule has 0 aromatic heterocycles. The molecular formula is C20H24O5. The van der Waals surface area contributed by atoms with Gasteiger partial charge in [0.2, 0.25) is 0 Å². The minimum absolute atomic E-state index is 0.0952. The monoisotopic (exact) mass is 344 g/mol. The minimum Gasteiger partial charge on any atom is -0.504 e. The van der Waals surface area contributed by atoms with Gasteiger partial charge in [-0.1, -0.05) is 12.1 Å². The maximum atomic E-state index is 12.0. The zero-order valence-electron chi connectivity index (χ0n) is 14.4. The van der Waals surface area contributed by atoms with Crippen molar-refractivity contribution in [3.8, 4) is 23.0 Å². The number of phenols is 3. The first-order valence-electron chi connectivity index (χ1n) is 8.38. The van der Waals surface area contributed by atoms with Gasteiger partial charge in [0.1, 0.15) is 5.78 Å². The number of unbranched alkanes of at least 4 members (excludes halogenated alkanes) is 1. The molecule has 2 aromatic rings. The quantitative estimate of drug-likeness (QED) is 0.477. The lowest BCUT2D eigenvalue weighted by atomic mass is 10.0. The van der Waals surface area contributed by atoms with Crippen LogP contribution in [0.4, 0.5) is 0 Å². The van der Waals surface area contributed by atoms with Crippen LogP contribution in [0.1, 0.15) is 36.8 Å². The fourth-order valence-electron chi connectivity index (χ4n) is 2.66. The topological polar surface area (TPSA) is 87.0 Å². The Bertz CT molecular complexity index is 724. The molecule has 0 unspecified atom stereocenters. The van der Waals surface area contributed by atoms with Crippen LogP contribution in [0, 0.1) is 0 Å². The number of ketones is 1. The number of phenolic OH excluding ortho intramolecular Hbond substituents is 3. The zero-order valence-corrected chi connectivity index (χ0v) is 14.4. The Morgan fingerprint density at radius 2 is 1.52 bits per heavy atom. The van der Waals surface area contributed by atoms with Crippen molar-refractivity contribution in [1.82, 2.24) is 0 Å². The van der Waals surface area contributed by atoms with Crippen molar-refractivity contribution < 1.29 is 24.9 Å². The summed E-state index contributed by atoms with van der Waals surface area (Å²) >= 11 is 0.